The summed E-state index contributed by atoms with van der Waals surface area (Å²) in [5.74, 6) is -0.615. The molecule has 1 heterocycles. The molecule has 0 saturated heterocycles. The molecule has 0 radical (unpaired) electrons. The molecule has 1 aromatic carbocycles. The van der Waals surface area contributed by atoms with Gasteiger partial charge in [-0.3, -0.25) is 14.9 Å². The lowest BCUT2D eigenvalue weighted by molar-refractivity contribution is -0.143. The van der Waals surface area contributed by atoms with E-state index in [-0.39, 0.29) is 36.8 Å². The lowest BCUT2D eigenvalue weighted by Gasteiger charge is -2.13. The zero-order valence-corrected chi connectivity index (χ0v) is 14.2. The van der Waals surface area contributed by atoms with E-state index in [0.29, 0.717) is 12.1 Å². The molecule has 1 aromatic heterocycles. The molecular formula is C16H15F6N5O. The number of alkyl halides is 6. The summed E-state index contributed by atoms with van der Waals surface area (Å²) in [5, 5.41) is 3.88. The van der Waals surface area contributed by atoms with E-state index in [9.17, 15) is 31.1 Å². The van der Waals surface area contributed by atoms with Gasteiger partial charge in [-0.05, 0) is 31.0 Å². The van der Waals surface area contributed by atoms with Crippen molar-refractivity contribution < 1.29 is 31.1 Å². The number of amides is 1. The summed E-state index contributed by atoms with van der Waals surface area (Å²) in [5.41, 5.74) is 2.00. The third kappa shape index (κ3) is 5.21. The molecule has 3 rings (SSSR count). The van der Waals surface area contributed by atoms with Crippen molar-refractivity contribution in [2.24, 2.45) is 0 Å². The first-order chi connectivity index (χ1) is 13.0. The minimum Gasteiger partial charge on any atom is -0.291 e. The molecule has 1 amide bonds. The van der Waals surface area contributed by atoms with Crippen LogP contribution >= 0.6 is 0 Å². The van der Waals surface area contributed by atoms with Gasteiger partial charge in [0, 0.05) is 18.0 Å². The quantitative estimate of drug-likeness (QED) is 0.570. The minimum absolute atomic E-state index is 0.0128. The van der Waals surface area contributed by atoms with E-state index in [1.165, 1.54) is 4.68 Å². The van der Waals surface area contributed by atoms with Gasteiger partial charge in [-0.25, -0.2) is 10.4 Å². The van der Waals surface area contributed by atoms with Crippen LogP contribution in [-0.4, -0.2) is 26.7 Å². The lowest BCUT2D eigenvalue weighted by Crippen LogP contribution is -2.39. The summed E-state index contributed by atoms with van der Waals surface area (Å²) in [7, 11) is 0. The van der Waals surface area contributed by atoms with Crippen LogP contribution in [0.3, 0.4) is 0 Å². The normalized spacial score (nSPS) is 14.9. The van der Waals surface area contributed by atoms with Crippen molar-refractivity contribution in [1.29, 1.82) is 0 Å². The van der Waals surface area contributed by atoms with Crippen molar-refractivity contribution >= 4 is 5.91 Å². The predicted molar refractivity (Wildman–Crippen MR) is 84.4 cm³/mol. The van der Waals surface area contributed by atoms with Crippen molar-refractivity contribution in [3.8, 4) is 11.4 Å². The molecule has 1 aliphatic rings. The number of aromatic nitrogens is 3. The Hall–Kier alpha value is -2.63. The van der Waals surface area contributed by atoms with E-state index < -0.39 is 29.0 Å². The Morgan fingerprint density at radius 3 is 2.21 bits per heavy atom. The second kappa shape index (κ2) is 7.41. The van der Waals surface area contributed by atoms with E-state index in [2.05, 4.69) is 20.9 Å². The van der Waals surface area contributed by atoms with Gasteiger partial charge in [0.05, 0.1) is 17.7 Å². The van der Waals surface area contributed by atoms with Crippen LogP contribution in [0, 0.1) is 0 Å². The Bertz CT molecular complexity index is 824. The number of nitrogens with zero attached hydrogens (tertiary/aromatic N) is 3. The van der Waals surface area contributed by atoms with Gasteiger partial charge in [0.1, 0.15) is 6.33 Å². The number of hydrogen-bond acceptors (Lipinski definition) is 4. The van der Waals surface area contributed by atoms with E-state index in [4.69, 9.17) is 0 Å². The summed E-state index contributed by atoms with van der Waals surface area (Å²) in [6.45, 7) is 0.0657. The Kier molecular flexibility index (Phi) is 5.33. The van der Waals surface area contributed by atoms with Crippen LogP contribution in [-0.2, 0) is 23.7 Å². The predicted octanol–water partition coefficient (Wildman–Crippen LogP) is 3.16. The molecule has 0 atom stereocenters. The second-order valence-electron chi connectivity index (χ2n) is 6.34. The molecule has 0 bridgehead atoms. The number of hydrogen-bond donors (Lipinski definition) is 2. The highest BCUT2D eigenvalue weighted by atomic mass is 19.4. The van der Waals surface area contributed by atoms with Crippen LogP contribution in [0.15, 0.2) is 24.5 Å². The highest BCUT2D eigenvalue weighted by molar-refractivity contribution is 5.75. The summed E-state index contributed by atoms with van der Waals surface area (Å²) >= 11 is 0. The Balaban J connectivity index is 1.75. The molecule has 6 nitrogen and oxygen atoms in total. The van der Waals surface area contributed by atoms with Crippen LogP contribution in [0.1, 0.15) is 30.4 Å². The lowest BCUT2D eigenvalue weighted by atomic mass is 10.0. The van der Waals surface area contributed by atoms with Gasteiger partial charge in [-0.1, -0.05) is 0 Å². The molecule has 0 spiro atoms. The first kappa shape index (κ1) is 20.1. The van der Waals surface area contributed by atoms with Gasteiger partial charge in [-0.2, -0.15) is 31.4 Å². The van der Waals surface area contributed by atoms with E-state index in [0.717, 1.165) is 19.2 Å². The molecule has 2 aromatic rings. The summed E-state index contributed by atoms with van der Waals surface area (Å²) in [6.07, 6.45) is -6.80. The number of carbonyl (C=O) groups is 1. The molecule has 1 aliphatic carbocycles. The molecule has 1 fully saturated rings. The van der Waals surface area contributed by atoms with Gasteiger partial charge in [0.25, 0.3) is 0 Å². The second-order valence-corrected chi connectivity index (χ2v) is 6.34. The SMILES string of the molecule is O=C(CCn1cnc(-c2cc(C(F)(F)F)cc(C(F)(F)F)c2)n1)NNC1CC1. The highest BCUT2D eigenvalue weighted by Gasteiger charge is 2.37. The van der Waals surface area contributed by atoms with Gasteiger partial charge in [0.2, 0.25) is 5.91 Å². The first-order valence-corrected chi connectivity index (χ1v) is 8.26. The molecule has 1 saturated carbocycles. The van der Waals surface area contributed by atoms with Crippen LogP contribution in [0.25, 0.3) is 11.4 Å². The number of hydrazine groups is 1. The van der Waals surface area contributed by atoms with Gasteiger partial charge < -0.3 is 0 Å². The fraction of sp³-hybridized carbons (Fsp3) is 0.438. The summed E-state index contributed by atoms with van der Waals surface area (Å²) in [4.78, 5) is 15.4. The first-order valence-electron chi connectivity index (χ1n) is 8.26. The average Bonchev–Trinajstić information content (AvgIpc) is 3.32. The van der Waals surface area contributed by atoms with Crippen LogP contribution in [0.2, 0.25) is 0 Å². The van der Waals surface area contributed by atoms with Crippen molar-refractivity contribution in [3.63, 3.8) is 0 Å². The minimum atomic E-state index is -4.95. The van der Waals surface area contributed by atoms with Crippen molar-refractivity contribution in [1.82, 2.24) is 25.6 Å². The monoisotopic (exact) mass is 407 g/mol. The van der Waals surface area contributed by atoms with E-state index >= 15 is 0 Å². The largest absolute Gasteiger partial charge is 0.416 e. The van der Waals surface area contributed by atoms with Crippen LogP contribution in [0.5, 0.6) is 0 Å². The topological polar surface area (TPSA) is 71.8 Å². The zero-order chi connectivity index (χ0) is 20.5. The van der Waals surface area contributed by atoms with E-state index in [1.54, 1.807) is 0 Å². The molecular weight excluding hydrogens is 392 g/mol. The maximum atomic E-state index is 12.9. The third-order valence-electron chi connectivity index (χ3n) is 3.94. The van der Waals surface area contributed by atoms with Crippen molar-refractivity contribution in [2.75, 3.05) is 0 Å². The molecule has 28 heavy (non-hydrogen) atoms. The fourth-order valence-electron chi connectivity index (χ4n) is 2.31. The smallest absolute Gasteiger partial charge is 0.291 e. The number of rotatable bonds is 6. The maximum absolute atomic E-state index is 12.9. The van der Waals surface area contributed by atoms with Gasteiger partial charge in [0.15, 0.2) is 5.82 Å². The summed E-state index contributed by atoms with van der Waals surface area (Å²) < 4.78 is 78.8. The molecule has 0 aliphatic heterocycles. The average molecular weight is 407 g/mol. The Labute approximate surface area is 154 Å². The maximum Gasteiger partial charge on any atom is 0.416 e. The Morgan fingerprint density at radius 1 is 1.07 bits per heavy atom. The molecule has 152 valence electrons. The van der Waals surface area contributed by atoms with Gasteiger partial charge >= 0.3 is 12.4 Å². The molecule has 0 unspecified atom stereocenters. The van der Waals surface area contributed by atoms with Crippen LogP contribution in [0.4, 0.5) is 26.3 Å². The fourth-order valence-corrected chi connectivity index (χ4v) is 2.31. The van der Waals surface area contributed by atoms with Crippen molar-refractivity contribution in [2.45, 2.75) is 44.2 Å². The zero-order valence-electron chi connectivity index (χ0n) is 14.2. The summed E-state index contributed by atoms with van der Waals surface area (Å²) in [6, 6.07) is 1.42. The standard InChI is InChI=1S/C16H15F6N5O/c17-15(18,19)10-5-9(6-11(7-10)16(20,21)22)14-23-8-27(26-14)4-3-13(28)25-24-12-1-2-12/h5-8,12,24H,1-4H2,(H,25,28). The number of halogens is 6. The Morgan fingerprint density at radius 2 is 1.68 bits per heavy atom. The number of nitrogens with one attached hydrogen (secondary N) is 2. The number of benzene rings is 1. The van der Waals surface area contributed by atoms with Crippen LogP contribution < -0.4 is 10.9 Å². The van der Waals surface area contributed by atoms with Gasteiger partial charge in [-0.15, -0.1) is 0 Å². The molecule has 12 heteroatoms. The molecule has 2 N–H and O–H groups in total. The van der Waals surface area contributed by atoms with Crippen molar-refractivity contribution in [3.05, 3.63) is 35.7 Å². The highest BCUT2D eigenvalue weighted by Crippen LogP contribution is 2.38. The number of carbonyl (C=O) groups excluding carboxylic acids is 1. The third-order valence-corrected chi connectivity index (χ3v) is 3.94. The number of aryl methyl sites for hydroxylation is 1. The van der Waals surface area contributed by atoms with E-state index in [1.807, 2.05) is 0 Å².